The van der Waals surface area contributed by atoms with E-state index < -0.39 is 0 Å². The summed E-state index contributed by atoms with van der Waals surface area (Å²) in [6.45, 7) is 0. The lowest BCUT2D eigenvalue weighted by molar-refractivity contribution is 0.556. The molecule has 2 heterocycles. The summed E-state index contributed by atoms with van der Waals surface area (Å²) in [5, 5.41) is 3.22. The van der Waals surface area contributed by atoms with E-state index in [9.17, 15) is 0 Å². The highest BCUT2D eigenvalue weighted by Crippen LogP contribution is 2.14. The van der Waals surface area contributed by atoms with E-state index in [0.29, 0.717) is 0 Å². The number of nitrogens with zero attached hydrogens (tertiary/aromatic N) is 2. The number of aromatic amines is 1. The van der Waals surface area contributed by atoms with Crippen LogP contribution in [0.2, 0.25) is 0 Å². The van der Waals surface area contributed by atoms with E-state index in [4.69, 9.17) is 0 Å². The number of hydrogen-bond acceptors (Lipinski definition) is 3. The fourth-order valence-electron chi connectivity index (χ4n) is 1.54. The molecule has 0 spiro atoms. The zero-order valence-electron chi connectivity index (χ0n) is 8.94. The molecule has 84 valence electrons. The van der Waals surface area contributed by atoms with Crippen molar-refractivity contribution in [2.24, 2.45) is 0 Å². The lowest BCUT2D eigenvalue weighted by atomic mass is 10.1. The number of aromatic nitrogens is 3. The first-order chi connectivity index (χ1) is 7.79. The first kappa shape index (κ1) is 11.3. The number of imidazole rings is 1. The van der Waals surface area contributed by atoms with Crippen LogP contribution in [0.25, 0.3) is 0 Å². The number of halogens is 1. The van der Waals surface area contributed by atoms with E-state index in [-0.39, 0.29) is 6.04 Å². The van der Waals surface area contributed by atoms with Gasteiger partial charge in [0.2, 0.25) is 0 Å². The van der Waals surface area contributed by atoms with Crippen molar-refractivity contribution in [3.63, 3.8) is 0 Å². The molecule has 0 aliphatic rings. The van der Waals surface area contributed by atoms with Crippen molar-refractivity contribution < 1.29 is 0 Å². The van der Waals surface area contributed by atoms with Gasteiger partial charge < -0.3 is 10.3 Å². The third-order valence-corrected chi connectivity index (χ3v) is 2.87. The van der Waals surface area contributed by atoms with Gasteiger partial charge in [0.15, 0.2) is 0 Å². The molecule has 2 N–H and O–H groups in total. The fourth-order valence-corrected chi connectivity index (χ4v) is 1.77. The monoisotopic (exact) mass is 280 g/mol. The Bertz CT molecular complexity index is 424. The number of rotatable bonds is 4. The molecule has 4 nitrogen and oxygen atoms in total. The molecule has 0 aliphatic heterocycles. The van der Waals surface area contributed by atoms with Crippen LogP contribution in [0.3, 0.4) is 0 Å². The molecule has 0 saturated heterocycles. The summed E-state index contributed by atoms with van der Waals surface area (Å²) in [4.78, 5) is 11.7. The van der Waals surface area contributed by atoms with Gasteiger partial charge in [0.05, 0.1) is 6.04 Å². The zero-order valence-corrected chi connectivity index (χ0v) is 10.5. The molecule has 0 saturated carbocycles. The Labute approximate surface area is 103 Å². The molecule has 0 aliphatic carbocycles. The second-order valence-corrected chi connectivity index (χ2v) is 4.40. The normalized spacial score (nSPS) is 12.6. The number of nitrogens with one attached hydrogen (secondary N) is 2. The third-order valence-electron chi connectivity index (χ3n) is 2.40. The van der Waals surface area contributed by atoms with Gasteiger partial charge in [-0.05, 0) is 35.1 Å². The number of likely N-dealkylation sites (N-methyl/N-ethyl adjacent to an activating group) is 1. The molecule has 2 rings (SSSR count). The Morgan fingerprint density at radius 3 is 2.88 bits per heavy atom. The molecule has 0 aromatic carbocycles. The summed E-state index contributed by atoms with van der Waals surface area (Å²) in [6.07, 6.45) is 6.21. The summed E-state index contributed by atoms with van der Waals surface area (Å²) in [6, 6.07) is 4.18. The predicted octanol–water partition coefficient (Wildman–Crippen LogP) is 2.07. The van der Waals surface area contributed by atoms with E-state index in [1.54, 1.807) is 6.20 Å². The highest BCUT2D eigenvalue weighted by molar-refractivity contribution is 9.10. The van der Waals surface area contributed by atoms with Gasteiger partial charge in [-0.2, -0.15) is 0 Å². The SMILES string of the molecule is CNC(Cc1ccc(Br)cn1)c1ncc[nH]1. The summed E-state index contributed by atoms with van der Waals surface area (Å²) in [5.41, 5.74) is 1.04. The van der Waals surface area contributed by atoms with E-state index in [1.165, 1.54) is 0 Å². The molecule has 1 unspecified atom stereocenters. The van der Waals surface area contributed by atoms with Crippen molar-refractivity contribution in [1.29, 1.82) is 0 Å². The number of pyridine rings is 1. The van der Waals surface area contributed by atoms with Crippen LogP contribution < -0.4 is 5.32 Å². The van der Waals surface area contributed by atoms with Crippen LogP contribution in [0.5, 0.6) is 0 Å². The minimum Gasteiger partial charge on any atom is -0.347 e. The Kier molecular flexibility index (Phi) is 3.69. The molecule has 0 fully saturated rings. The number of H-pyrrole nitrogens is 1. The molecule has 0 amide bonds. The molecular weight excluding hydrogens is 268 g/mol. The largest absolute Gasteiger partial charge is 0.347 e. The van der Waals surface area contributed by atoms with E-state index >= 15 is 0 Å². The van der Waals surface area contributed by atoms with E-state index in [2.05, 4.69) is 36.2 Å². The maximum Gasteiger partial charge on any atom is 0.123 e. The fraction of sp³-hybridized carbons (Fsp3) is 0.273. The van der Waals surface area contributed by atoms with Crippen LogP contribution >= 0.6 is 15.9 Å². The first-order valence-corrected chi connectivity index (χ1v) is 5.86. The maximum absolute atomic E-state index is 4.35. The van der Waals surface area contributed by atoms with E-state index in [1.807, 2.05) is 31.6 Å². The van der Waals surface area contributed by atoms with Crippen LogP contribution in [0.15, 0.2) is 35.2 Å². The van der Waals surface area contributed by atoms with Gasteiger partial charge in [0.1, 0.15) is 5.82 Å². The second kappa shape index (κ2) is 5.23. The smallest absolute Gasteiger partial charge is 0.123 e. The number of hydrogen-bond donors (Lipinski definition) is 2. The van der Waals surface area contributed by atoms with Crippen molar-refractivity contribution in [2.75, 3.05) is 7.05 Å². The van der Waals surface area contributed by atoms with Crippen LogP contribution in [-0.2, 0) is 6.42 Å². The molecule has 0 bridgehead atoms. The highest BCUT2D eigenvalue weighted by atomic mass is 79.9. The van der Waals surface area contributed by atoms with Gasteiger partial charge in [-0.25, -0.2) is 4.98 Å². The lowest BCUT2D eigenvalue weighted by Gasteiger charge is -2.12. The Balaban J connectivity index is 2.10. The van der Waals surface area contributed by atoms with Crippen LogP contribution in [0.4, 0.5) is 0 Å². The average Bonchev–Trinajstić information content (AvgIpc) is 2.82. The maximum atomic E-state index is 4.35. The highest BCUT2D eigenvalue weighted by Gasteiger charge is 2.12. The summed E-state index contributed by atoms with van der Waals surface area (Å²) in [5.74, 6) is 0.937. The van der Waals surface area contributed by atoms with Crippen molar-refractivity contribution in [3.8, 4) is 0 Å². The molecular formula is C11H13BrN4. The summed E-state index contributed by atoms with van der Waals surface area (Å²) >= 11 is 3.37. The molecule has 16 heavy (non-hydrogen) atoms. The lowest BCUT2D eigenvalue weighted by Crippen LogP contribution is -2.20. The van der Waals surface area contributed by atoms with Crippen molar-refractivity contribution in [2.45, 2.75) is 12.5 Å². The molecule has 2 aromatic heterocycles. The van der Waals surface area contributed by atoms with Crippen LogP contribution in [0.1, 0.15) is 17.6 Å². The minimum absolute atomic E-state index is 0.170. The predicted molar refractivity (Wildman–Crippen MR) is 66.0 cm³/mol. The quantitative estimate of drug-likeness (QED) is 0.902. The molecule has 2 aromatic rings. The second-order valence-electron chi connectivity index (χ2n) is 3.49. The summed E-state index contributed by atoms with van der Waals surface area (Å²) < 4.78 is 0.996. The van der Waals surface area contributed by atoms with Crippen molar-refractivity contribution in [1.82, 2.24) is 20.3 Å². The average molecular weight is 281 g/mol. The van der Waals surface area contributed by atoms with Crippen LogP contribution in [-0.4, -0.2) is 22.0 Å². The molecule has 5 heteroatoms. The van der Waals surface area contributed by atoms with E-state index in [0.717, 1.165) is 22.4 Å². The van der Waals surface area contributed by atoms with Gasteiger partial charge in [0, 0.05) is 35.2 Å². The minimum atomic E-state index is 0.170. The van der Waals surface area contributed by atoms with Gasteiger partial charge >= 0.3 is 0 Å². The topological polar surface area (TPSA) is 53.6 Å². The molecule has 1 atom stereocenters. The van der Waals surface area contributed by atoms with Gasteiger partial charge in [-0.1, -0.05) is 0 Å². The van der Waals surface area contributed by atoms with Gasteiger partial charge in [0.25, 0.3) is 0 Å². The van der Waals surface area contributed by atoms with Crippen molar-refractivity contribution >= 4 is 15.9 Å². The zero-order chi connectivity index (χ0) is 11.4. The molecule has 0 radical (unpaired) electrons. The van der Waals surface area contributed by atoms with Crippen molar-refractivity contribution in [3.05, 3.63) is 46.7 Å². The Morgan fingerprint density at radius 2 is 2.31 bits per heavy atom. The Morgan fingerprint density at radius 1 is 1.44 bits per heavy atom. The third kappa shape index (κ3) is 2.68. The van der Waals surface area contributed by atoms with Gasteiger partial charge in [-0.3, -0.25) is 4.98 Å². The standard InChI is InChI=1S/C11H13BrN4/c1-13-10(11-14-4-5-15-11)6-9-3-2-8(12)7-16-9/h2-5,7,10,13H,6H2,1H3,(H,14,15). The van der Waals surface area contributed by atoms with Gasteiger partial charge in [-0.15, -0.1) is 0 Å². The summed E-state index contributed by atoms with van der Waals surface area (Å²) in [7, 11) is 1.92. The Hall–Kier alpha value is -1.20. The first-order valence-electron chi connectivity index (χ1n) is 5.06. The van der Waals surface area contributed by atoms with Crippen LogP contribution in [0, 0.1) is 0 Å².